The molecule has 3 fully saturated rings. The molecule has 4 N–H and O–H groups in total. The van der Waals surface area contributed by atoms with E-state index in [4.69, 9.17) is 0 Å². The largest absolute Gasteiger partial charge is 0.349 e. The van der Waals surface area contributed by atoms with Crippen LogP contribution < -0.4 is 21.3 Å². The second-order valence-corrected chi connectivity index (χ2v) is 15.0. The Morgan fingerprint density at radius 1 is 0.898 bits per heavy atom. The van der Waals surface area contributed by atoms with E-state index in [-0.39, 0.29) is 29.4 Å². The molecule has 0 spiro atoms. The lowest BCUT2D eigenvalue weighted by molar-refractivity contribution is -0.146. The number of ketones is 1. The van der Waals surface area contributed by atoms with Crippen LogP contribution >= 0.6 is 0 Å². The lowest BCUT2D eigenvalue weighted by atomic mass is 9.82. The molecule has 270 valence electrons. The molecule has 13 nitrogen and oxygen atoms in total. The molecule has 1 aromatic rings. The topological polar surface area (TPSA) is 180 Å². The first-order chi connectivity index (χ1) is 23.4. The van der Waals surface area contributed by atoms with Crippen molar-refractivity contribution in [3.63, 3.8) is 0 Å². The fourth-order valence-electron chi connectivity index (χ4n) is 7.71. The molecule has 49 heavy (non-hydrogen) atoms. The van der Waals surface area contributed by atoms with Crippen LogP contribution in [0.5, 0.6) is 0 Å². The van der Waals surface area contributed by atoms with E-state index >= 15 is 0 Å². The number of aromatic nitrogens is 2. The molecule has 0 aromatic carbocycles. The van der Waals surface area contributed by atoms with Crippen molar-refractivity contribution in [3.05, 3.63) is 24.3 Å². The van der Waals surface area contributed by atoms with Crippen molar-refractivity contribution >= 4 is 35.3 Å². The summed E-state index contributed by atoms with van der Waals surface area (Å²) in [5.74, 6) is -3.31. The molecule has 2 heterocycles. The summed E-state index contributed by atoms with van der Waals surface area (Å²) >= 11 is 0. The average Bonchev–Trinajstić information content (AvgIpc) is 3.69. The Hall–Kier alpha value is -3.90. The van der Waals surface area contributed by atoms with E-state index in [0.29, 0.717) is 32.4 Å². The highest BCUT2D eigenvalue weighted by atomic mass is 16.2. The maximum Gasteiger partial charge on any atom is 0.289 e. The molecular formula is C36H55N7O6. The zero-order chi connectivity index (χ0) is 35.7. The molecule has 0 bridgehead atoms. The van der Waals surface area contributed by atoms with Crippen molar-refractivity contribution in [1.29, 1.82) is 0 Å². The van der Waals surface area contributed by atoms with Gasteiger partial charge in [-0.2, -0.15) is 0 Å². The van der Waals surface area contributed by atoms with Crippen LogP contribution in [-0.2, 0) is 24.0 Å². The first kappa shape index (κ1) is 37.9. The van der Waals surface area contributed by atoms with Crippen molar-refractivity contribution in [2.75, 3.05) is 13.1 Å². The van der Waals surface area contributed by atoms with Crippen molar-refractivity contribution in [2.24, 2.45) is 23.2 Å². The number of nitrogens with zero attached hydrogens (tertiary/aromatic N) is 3. The molecule has 5 amide bonds. The molecule has 6 atom stereocenters. The third kappa shape index (κ3) is 9.42. The van der Waals surface area contributed by atoms with Gasteiger partial charge in [0.15, 0.2) is 0 Å². The van der Waals surface area contributed by atoms with Crippen LogP contribution in [0.25, 0.3) is 0 Å². The van der Waals surface area contributed by atoms with Crippen molar-refractivity contribution in [1.82, 2.24) is 36.1 Å². The number of Topliss-reactive ketones (excluding diaryl/α,β-unsaturated/α-hetero) is 1. The molecule has 4 rings (SSSR count). The van der Waals surface area contributed by atoms with E-state index in [9.17, 15) is 28.8 Å². The fraction of sp³-hybridized carbons (Fsp3) is 0.722. The van der Waals surface area contributed by atoms with Crippen LogP contribution in [0.1, 0.15) is 116 Å². The van der Waals surface area contributed by atoms with Crippen molar-refractivity contribution < 1.29 is 28.8 Å². The molecule has 13 heteroatoms. The van der Waals surface area contributed by atoms with Gasteiger partial charge in [-0.25, -0.2) is 4.98 Å². The summed E-state index contributed by atoms with van der Waals surface area (Å²) in [4.78, 5) is 91.2. The zero-order valence-electron chi connectivity index (χ0n) is 29.8. The van der Waals surface area contributed by atoms with Crippen LogP contribution in [0, 0.1) is 23.2 Å². The third-order valence-corrected chi connectivity index (χ3v) is 10.3. The number of rotatable bonds is 14. The van der Waals surface area contributed by atoms with E-state index in [2.05, 4.69) is 31.2 Å². The highest BCUT2D eigenvalue weighted by molar-refractivity contribution is 6.38. The highest BCUT2D eigenvalue weighted by Gasteiger charge is 2.52. The summed E-state index contributed by atoms with van der Waals surface area (Å²) in [5.41, 5.74) is -0.644. The number of amides is 5. The lowest BCUT2D eigenvalue weighted by Gasteiger charge is -2.38. The van der Waals surface area contributed by atoms with Gasteiger partial charge >= 0.3 is 0 Å². The average molecular weight is 682 g/mol. The zero-order valence-corrected chi connectivity index (χ0v) is 29.8. The van der Waals surface area contributed by atoms with E-state index in [1.54, 1.807) is 4.90 Å². The molecule has 1 aromatic heterocycles. The lowest BCUT2D eigenvalue weighted by Crippen LogP contribution is -2.62. The summed E-state index contributed by atoms with van der Waals surface area (Å²) in [6, 6.07) is -3.72. The first-order valence-corrected chi connectivity index (χ1v) is 18.2. The monoisotopic (exact) mass is 681 g/mol. The minimum Gasteiger partial charge on any atom is -0.349 e. The molecule has 1 saturated heterocycles. The summed E-state index contributed by atoms with van der Waals surface area (Å²) in [6.07, 6.45) is 12.8. The van der Waals surface area contributed by atoms with Crippen LogP contribution in [0.3, 0.4) is 0 Å². The van der Waals surface area contributed by atoms with Gasteiger partial charge in [-0.3, -0.25) is 33.8 Å². The number of likely N-dealkylation sites (tertiary alicyclic amines) is 1. The minimum atomic E-state index is -1.00. The summed E-state index contributed by atoms with van der Waals surface area (Å²) < 4.78 is 0. The summed E-state index contributed by atoms with van der Waals surface area (Å²) in [6.45, 7) is 10.1. The van der Waals surface area contributed by atoms with Gasteiger partial charge in [0, 0.05) is 25.5 Å². The van der Waals surface area contributed by atoms with E-state index in [0.717, 1.165) is 51.4 Å². The maximum atomic E-state index is 14.6. The molecule has 3 aliphatic rings. The van der Waals surface area contributed by atoms with Gasteiger partial charge in [0.2, 0.25) is 23.5 Å². The molecule has 2 aliphatic carbocycles. The second kappa shape index (κ2) is 17.2. The predicted molar refractivity (Wildman–Crippen MR) is 183 cm³/mol. The summed E-state index contributed by atoms with van der Waals surface area (Å²) in [7, 11) is 0. The van der Waals surface area contributed by atoms with Gasteiger partial charge in [0.05, 0.1) is 12.2 Å². The van der Waals surface area contributed by atoms with Gasteiger partial charge in [0.25, 0.3) is 11.8 Å². The fourth-order valence-corrected chi connectivity index (χ4v) is 7.71. The van der Waals surface area contributed by atoms with E-state index in [1.165, 1.54) is 18.6 Å². The Balaban J connectivity index is 1.57. The quantitative estimate of drug-likeness (QED) is 0.217. The van der Waals surface area contributed by atoms with E-state index < -0.39 is 59.0 Å². The van der Waals surface area contributed by atoms with Crippen LogP contribution in [0.2, 0.25) is 0 Å². The molecular weight excluding hydrogens is 626 g/mol. The second-order valence-electron chi connectivity index (χ2n) is 15.0. The van der Waals surface area contributed by atoms with Crippen LogP contribution in [0.4, 0.5) is 0 Å². The number of hydrogen-bond acceptors (Lipinski definition) is 8. The Kier molecular flexibility index (Phi) is 13.3. The van der Waals surface area contributed by atoms with Crippen molar-refractivity contribution in [2.45, 2.75) is 129 Å². The highest BCUT2D eigenvalue weighted by Crippen LogP contribution is 2.43. The van der Waals surface area contributed by atoms with Crippen LogP contribution in [-0.4, -0.2) is 87.4 Å². The van der Waals surface area contributed by atoms with Gasteiger partial charge in [0.1, 0.15) is 23.8 Å². The number of carbonyl (C=O) groups is 6. The molecule has 2 saturated carbocycles. The number of nitrogens with one attached hydrogen (secondary N) is 4. The third-order valence-electron chi connectivity index (χ3n) is 10.3. The minimum absolute atomic E-state index is 0.0900. The summed E-state index contributed by atoms with van der Waals surface area (Å²) in [5, 5.41) is 11.3. The number of hydrogen-bond donors (Lipinski definition) is 4. The van der Waals surface area contributed by atoms with Crippen molar-refractivity contribution in [3.8, 4) is 0 Å². The van der Waals surface area contributed by atoms with Gasteiger partial charge in [-0.15, -0.1) is 0 Å². The van der Waals surface area contributed by atoms with Gasteiger partial charge in [-0.1, -0.05) is 66.7 Å². The SMILES string of the molecule is CCCNC(=O)C(=O)C(CCC)NC(=O)[C@@H]1[C@H]2CCC[C@H]2CN1C(=O)[C@@H](NC(=O)[C@@H](NC(=O)c1cnccn1)C1CCCCC1)C(C)(C)C. The smallest absolute Gasteiger partial charge is 0.289 e. The van der Waals surface area contributed by atoms with E-state index in [1.807, 2.05) is 34.6 Å². The van der Waals surface area contributed by atoms with Gasteiger partial charge in [-0.05, 0) is 61.7 Å². The number of fused-ring (bicyclic) bond motifs is 1. The predicted octanol–water partition coefficient (Wildman–Crippen LogP) is 2.69. The Morgan fingerprint density at radius 3 is 2.27 bits per heavy atom. The molecule has 1 aliphatic heterocycles. The Labute approximate surface area is 289 Å². The maximum absolute atomic E-state index is 14.6. The molecule has 0 radical (unpaired) electrons. The molecule has 1 unspecified atom stereocenters. The normalized spacial score (nSPS) is 22.7. The standard InChI is InChI=1S/C36H55N7O6/c1-6-12-25(29(44)34(48)39-17-7-2)40-33(47)28-24-16-11-15-23(24)21-43(28)35(49)30(36(3,4)5)42-32(46)27(22-13-9-8-10-14-22)41-31(45)26-20-37-18-19-38-26/h18-20,22-25,27-28,30H,6-17,21H2,1-5H3,(H,39,48)(H,40,47)(H,41,45)(H,42,46)/t23-,24-,25?,27-,28-,30+/m0/s1. The number of carbonyl (C=O) groups excluding carboxylic acids is 6. The van der Waals surface area contributed by atoms with Crippen LogP contribution in [0.15, 0.2) is 18.6 Å². The first-order valence-electron chi connectivity index (χ1n) is 18.2. The van der Waals surface area contributed by atoms with Gasteiger partial charge < -0.3 is 26.2 Å². The Bertz CT molecular complexity index is 1340. The Morgan fingerprint density at radius 2 is 1.63 bits per heavy atom.